The molecular formula is C17H14BrClF3NO2. The second kappa shape index (κ2) is 7.66. The number of nitrogens with one attached hydrogen (secondary N) is 1. The lowest BCUT2D eigenvalue weighted by Gasteiger charge is -2.13. The van der Waals surface area contributed by atoms with Gasteiger partial charge in [-0.2, -0.15) is 13.2 Å². The van der Waals surface area contributed by atoms with Crippen LogP contribution in [0.5, 0.6) is 5.75 Å². The normalized spacial score (nSPS) is 11.3. The van der Waals surface area contributed by atoms with Crippen molar-refractivity contribution in [2.45, 2.75) is 20.0 Å². The zero-order chi connectivity index (χ0) is 18.8. The first-order chi connectivity index (χ1) is 11.6. The Morgan fingerprint density at radius 2 is 1.88 bits per heavy atom. The van der Waals surface area contributed by atoms with Crippen LogP contribution in [0.15, 0.2) is 34.8 Å². The van der Waals surface area contributed by atoms with Gasteiger partial charge in [0.2, 0.25) is 0 Å². The van der Waals surface area contributed by atoms with E-state index in [1.807, 2.05) is 19.9 Å². The van der Waals surface area contributed by atoms with Crippen molar-refractivity contribution in [1.29, 1.82) is 0 Å². The predicted molar refractivity (Wildman–Crippen MR) is 94.2 cm³/mol. The number of benzene rings is 2. The van der Waals surface area contributed by atoms with Crippen LogP contribution in [0.3, 0.4) is 0 Å². The van der Waals surface area contributed by atoms with Crippen molar-refractivity contribution in [3.8, 4) is 5.75 Å². The van der Waals surface area contributed by atoms with Crippen molar-refractivity contribution in [3.63, 3.8) is 0 Å². The van der Waals surface area contributed by atoms with Gasteiger partial charge in [-0.1, -0.05) is 27.5 Å². The summed E-state index contributed by atoms with van der Waals surface area (Å²) in [6.45, 7) is 3.38. The molecule has 1 amide bonds. The van der Waals surface area contributed by atoms with Gasteiger partial charge >= 0.3 is 6.18 Å². The highest BCUT2D eigenvalue weighted by atomic mass is 79.9. The van der Waals surface area contributed by atoms with E-state index in [1.54, 1.807) is 6.07 Å². The molecule has 2 rings (SSSR count). The lowest BCUT2D eigenvalue weighted by Crippen LogP contribution is -2.21. The number of ether oxygens (including phenoxy) is 1. The molecule has 0 saturated carbocycles. The van der Waals surface area contributed by atoms with Crippen LogP contribution >= 0.6 is 27.5 Å². The molecule has 0 saturated heterocycles. The number of carbonyl (C=O) groups is 1. The highest BCUT2D eigenvalue weighted by Gasteiger charge is 2.33. The van der Waals surface area contributed by atoms with Gasteiger partial charge in [-0.3, -0.25) is 4.79 Å². The summed E-state index contributed by atoms with van der Waals surface area (Å²) < 4.78 is 44.8. The van der Waals surface area contributed by atoms with Crippen LogP contribution in [0.25, 0.3) is 0 Å². The lowest BCUT2D eigenvalue weighted by molar-refractivity contribution is -0.137. The summed E-state index contributed by atoms with van der Waals surface area (Å²) in [7, 11) is 0. The molecule has 2 aromatic rings. The van der Waals surface area contributed by atoms with E-state index in [2.05, 4.69) is 21.2 Å². The molecule has 25 heavy (non-hydrogen) atoms. The number of halogens is 5. The highest BCUT2D eigenvalue weighted by molar-refractivity contribution is 9.10. The lowest BCUT2D eigenvalue weighted by atomic mass is 10.1. The zero-order valence-corrected chi connectivity index (χ0v) is 15.6. The van der Waals surface area contributed by atoms with Gasteiger partial charge in [0.1, 0.15) is 5.75 Å². The van der Waals surface area contributed by atoms with Crippen LogP contribution in [0.1, 0.15) is 16.7 Å². The third-order valence-corrected chi connectivity index (χ3v) is 4.55. The number of rotatable bonds is 4. The maximum atomic E-state index is 12.8. The van der Waals surface area contributed by atoms with Crippen molar-refractivity contribution in [2.24, 2.45) is 0 Å². The first-order valence-corrected chi connectivity index (χ1v) is 8.31. The van der Waals surface area contributed by atoms with Gasteiger partial charge < -0.3 is 10.1 Å². The zero-order valence-electron chi connectivity index (χ0n) is 13.3. The van der Waals surface area contributed by atoms with E-state index >= 15 is 0 Å². The predicted octanol–water partition coefficient (Wildman–Crippen LogP) is 5.76. The fourth-order valence-electron chi connectivity index (χ4n) is 2.07. The summed E-state index contributed by atoms with van der Waals surface area (Å²) in [6, 6.07) is 6.80. The standard InChI is InChI=1S/C17H14BrClF3NO2/c1-9-6-15(10(2)5-13(9)18)25-8-16(24)23-11-3-4-14(19)12(7-11)17(20,21)22/h3-7H,8H2,1-2H3,(H,23,24). The number of alkyl halides is 3. The molecule has 2 aromatic carbocycles. The minimum Gasteiger partial charge on any atom is -0.483 e. The molecule has 134 valence electrons. The van der Waals surface area contributed by atoms with Gasteiger partial charge in [0, 0.05) is 10.2 Å². The Bertz CT molecular complexity index is 809. The first-order valence-electron chi connectivity index (χ1n) is 7.14. The van der Waals surface area contributed by atoms with Crippen LogP contribution in [-0.2, 0) is 11.0 Å². The van der Waals surface area contributed by atoms with Crippen molar-refractivity contribution in [1.82, 2.24) is 0 Å². The SMILES string of the molecule is Cc1cc(OCC(=O)Nc2ccc(Cl)c(C(F)(F)F)c2)c(C)cc1Br. The monoisotopic (exact) mass is 435 g/mol. The minimum absolute atomic E-state index is 0.00552. The second-order valence-electron chi connectivity index (χ2n) is 5.40. The van der Waals surface area contributed by atoms with Crippen LogP contribution < -0.4 is 10.1 Å². The molecule has 1 N–H and O–H groups in total. The van der Waals surface area contributed by atoms with Crippen LogP contribution in [0.4, 0.5) is 18.9 Å². The average molecular weight is 437 g/mol. The van der Waals surface area contributed by atoms with Crippen molar-refractivity contribution >= 4 is 39.1 Å². The Morgan fingerprint density at radius 1 is 1.20 bits per heavy atom. The minimum atomic E-state index is -4.60. The van der Waals surface area contributed by atoms with Gasteiger partial charge in [0.05, 0.1) is 10.6 Å². The molecule has 0 radical (unpaired) electrons. The van der Waals surface area contributed by atoms with E-state index < -0.39 is 22.7 Å². The summed E-state index contributed by atoms with van der Waals surface area (Å²) >= 11 is 8.94. The van der Waals surface area contributed by atoms with E-state index in [0.29, 0.717) is 5.75 Å². The summed E-state index contributed by atoms with van der Waals surface area (Å²) in [4.78, 5) is 11.9. The van der Waals surface area contributed by atoms with Crippen molar-refractivity contribution in [2.75, 3.05) is 11.9 Å². The molecule has 0 aromatic heterocycles. The first kappa shape index (κ1) is 19.6. The number of anilines is 1. The summed E-state index contributed by atoms with van der Waals surface area (Å²) in [5, 5.41) is 1.94. The third kappa shape index (κ3) is 5.12. The summed E-state index contributed by atoms with van der Waals surface area (Å²) in [5.41, 5.74) is 0.756. The fourth-order valence-corrected chi connectivity index (χ4v) is 2.75. The van der Waals surface area contributed by atoms with Crippen LogP contribution in [0, 0.1) is 13.8 Å². The molecule has 0 atom stereocenters. The van der Waals surface area contributed by atoms with E-state index in [9.17, 15) is 18.0 Å². The van der Waals surface area contributed by atoms with E-state index in [0.717, 1.165) is 27.7 Å². The summed E-state index contributed by atoms with van der Waals surface area (Å²) in [5.74, 6) is -0.0432. The fraction of sp³-hybridized carbons (Fsp3) is 0.235. The Labute approximate surface area is 156 Å². The topological polar surface area (TPSA) is 38.3 Å². The Morgan fingerprint density at radius 3 is 2.52 bits per heavy atom. The van der Waals surface area contributed by atoms with Gasteiger partial charge in [-0.25, -0.2) is 0 Å². The van der Waals surface area contributed by atoms with Crippen molar-refractivity contribution < 1.29 is 22.7 Å². The van der Waals surface area contributed by atoms with Crippen molar-refractivity contribution in [3.05, 3.63) is 56.5 Å². The number of hydrogen-bond donors (Lipinski definition) is 1. The molecule has 0 unspecified atom stereocenters. The Kier molecular flexibility index (Phi) is 6.00. The van der Waals surface area contributed by atoms with Crippen LogP contribution in [-0.4, -0.2) is 12.5 Å². The smallest absolute Gasteiger partial charge is 0.417 e. The Hall–Kier alpha value is -1.73. The number of hydrogen-bond acceptors (Lipinski definition) is 2. The Balaban J connectivity index is 2.05. The van der Waals surface area contributed by atoms with Gasteiger partial charge in [0.25, 0.3) is 5.91 Å². The summed E-state index contributed by atoms with van der Waals surface area (Å²) in [6.07, 6.45) is -4.60. The maximum absolute atomic E-state index is 12.8. The molecule has 3 nitrogen and oxygen atoms in total. The quantitative estimate of drug-likeness (QED) is 0.662. The van der Waals surface area contributed by atoms with E-state index in [1.165, 1.54) is 6.07 Å². The third-order valence-electron chi connectivity index (χ3n) is 3.37. The molecule has 0 bridgehead atoms. The number of aryl methyl sites for hydroxylation is 2. The van der Waals surface area contributed by atoms with E-state index in [-0.39, 0.29) is 12.3 Å². The average Bonchev–Trinajstić information content (AvgIpc) is 2.50. The number of carbonyl (C=O) groups excluding carboxylic acids is 1. The molecular weight excluding hydrogens is 423 g/mol. The van der Waals surface area contributed by atoms with E-state index in [4.69, 9.17) is 16.3 Å². The molecule has 0 spiro atoms. The van der Waals surface area contributed by atoms with Crippen LogP contribution in [0.2, 0.25) is 5.02 Å². The molecule has 0 heterocycles. The molecule has 0 aliphatic rings. The highest BCUT2D eigenvalue weighted by Crippen LogP contribution is 2.36. The second-order valence-corrected chi connectivity index (χ2v) is 6.66. The molecule has 0 fully saturated rings. The van der Waals surface area contributed by atoms with Gasteiger partial charge in [-0.05, 0) is 55.3 Å². The molecule has 8 heteroatoms. The molecule has 0 aliphatic carbocycles. The molecule has 0 aliphatic heterocycles. The maximum Gasteiger partial charge on any atom is 0.417 e. The van der Waals surface area contributed by atoms with Gasteiger partial charge in [-0.15, -0.1) is 0 Å². The van der Waals surface area contributed by atoms with Gasteiger partial charge in [0.15, 0.2) is 6.61 Å². The number of amides is 1. The largest absolute Gasteiger partial charge is 0.483 e.